The molecule has 138 valence electrons. The Bertz CT molecular complexity index is 787. The van der Waals surface area contributed by atoms with E-state index in [-0.39, 0.29) is 23.8 Å². The van der Waals surface area contributed by atoms with E-state index in [4.69, 9.17) is 16.3 Å². The Hall–Kier alpha value is -2.15. The molecule has 1 atom stereocenters. The van der Waals surface area contributed by atoms with Gasteiger partial charge in [-0.15, -0.1) is 0 Å². The van der Waals surface area contributed by atoms with E-state index in [0.717, 1.165) is 16.7 Å². The molecule has 26 heavy (non-hydrogen) atoms. The van der Waals surface area contributed by atoms with Gasteiger partial charge in [-0.05, 0) is 28.8 Å². The van der Waals surface area contributed by atoms with Crippen LogP contribution in [0.4, 0.5) is 9.18 Å². The standard InChI is InChI=1S/C19H20ClFN2O3/c20-16-9-15(4-5-17(16)21)18-11-23(6-7-26-18)19(25)22-10-13-2-1-3-14(8-13)12-24/h1-5,8-9,18,24H,6-7,10-12H2,(H,22,25)/t18-/m0/s1. The Morgan fingerprint density at radius 2 is 2.12 bits per heavy atom. The molecule has 2 amide bonds. The molecular formula is C19H20ClFN2O3. The van der Waals surface area contributed by atoms with Gasteiger partial charge in [-0.3, -0.25) is 0 Å². The second-order valence-corrected chi connectivity index (χ2v) is 6.52. The van der Waals surface area contributed by atoms with Crippen molar-refractivity contribution < 1.29 is 19.0 Å². The summed E-state index contributed by atoms with van der Waals surface area (Å²) in [6.07, 6.45) is -0.342. The van der Waals surface area contributed by atoms with Crippen LogP contribution in [0.3, 0.4) is 0 Å². The molecule has 5 nitrogen and oxygen atoms in total. The third kappa shape index (κ3) is 4.52. The largest absolute Gasteiger partial charge is 0.392 e. The molecule has 7 heteroatoms. The second kappa shape index (κ2) is 8.49. The van der Waals surface area contributed by atoms with Crippen molar-refractivity contribution in [3.05, 3.63) is 70.0 Å². The summed E-state index contributed by atoms with van der Waals surface area (Å²) in [4.78, 5) is 14.1. The van der Waals surface area contributed by atoms with Gasteiger partial charge >= 0.3 is 6.03 Å². The summed E-state index contributed by atoms with van der Waals surface area (Å²) in [7, 11) is 0. The van der Waals surface area contributed by atoms with Gasteiger partial charge in [0.05, 0.1) is 24.8 Å². The van der Waals surface area contributed by atoms with Crippen molar-refractivity contribution in [2.75, 3.05) is 19.7 Å². The van der Waals surface area contributed by atoms with Crippen LogP contribution in [0.2, 0.25) is 5.02 Å². The number of benzene rings is 2. The highest BCUT2D eigenvalue weighted by molar-refractivity contribution is 6.30. The lowest BCUT2D eigenvalue weighted by atomic mass is 10.1. The van der Waals surface area contributed by atoms with E-state index in [1.807, 2.05) is 24.3 Å². The first-order valence-corrected chi connectivity index (χ1v) is 8.72. The molecule has 2 N–H and O–H groups in total. The zero-order valence-corrected chi connectivity index (χ0v) is 14.9. The van der Waals surface area contributed by atoms with Gasteiger partial charge in [-0.1, -0.05) is 41.9 Å². The van der Waals surface area contributed by atoms with Crippen LogP contribution in [0.15, 0.2) is 42.5 Å². The highest BCUT2D eigenvalue weighted by Gasteiger charge is 2.25. The Balaban J connectivity index is 1.59. The highest BCUT2D eigenvalue weighted by atomic mass is 35.5. The molecule has 1 aliphatic heterocycles. The number of aliphatic hydroxyl groups excluding tert-OH is 1. The van der Waals surface area contributed by atoms with E-state index in [1.54, 1.807) is 11.0 Å². The molecule has 0 bridgehead atoms. The first-order chi connectivity index (χ1) is 12.6. The molecule has 0 unspecified atom stereocenters. The van der Waals surface area contributed by atoms with E-state index >= 15 is 0 Å². The van der Waals surface area contributed by atoms with E-state index in [0.29, 0.717) is 26.2 Å². The first-order valence-electron chi connectivity index (χ1n) is 8.35. The van der Waals surface area contributed by atoms with E-state index in [1.165, 1.54) is 12.1 Å². The van der Waals surface area contributed by atoms with Gasteiger partial charge in [0.15, 0.2) is 0 Å². The smallest absolute Gasteiger partial charge is 0.317 e. The number of urea groups is 1. The summed E-state index contributed by atoms with van der Waals surface area (Å²) in [5.41, 5.74) is 2.46. The van der Waals surface area contributed by atoms with E-state index in [2.05, 4.69) is 5.32 Å². The number of nitrogens with one attached hydrogen (secondary N) is 1. The number of ether oxygens (including phenoxy) is 1. The molecule has 1 saturated heterocycles. The maximum Gasteiger partial charge on any atom is 0.317 e. The normalized spacial score (nSPS) is 17.2. The lowest BCUT2D eigenvalue weighted by Gasteiger charge is -2.33. The van der Waals surface area contributed by atoms with Gasteiger partial charge < -0.3 is 20.1 Å². The fourth-order valence-electron chi connectivity index (χ4n) is 2.88. The summed E-state index contributed by atoms with van der Waals surface area (Å²) in [5, 5.41) is 12.1. The number of aliphatic hydroxyl groups is 1. The predicted octanol–water partition coefficient (Wildman–Crippen LogP) is 3.25. The number of hydrogen-bond acceptors (Lipinski definition) is 3. The summed E-state index contributed by atoms with van der Waals surface area (Å²) < 4.78 is 19.0. The van der Waals surface area contributed by atoms with Crippen LogP contribution in [-0.4, -0.2) is 35.7 Å². The summed E-state index contributed by atoms with van der Waals surface area (Å²) >= 11 is 5.83. The molecule has 0 aliphatic carbocycles. The maximum atomic E-state index is 13.3. The number of hydrogen-bond donors (Lipinski definition) is 2. The Labute approximate surface area is 156 Å². The molecule has 2 aromatic carbocycles. The lowest BCUT2D eigenvalue weighted by Crippen LogP contribution is -2.46. The summed E-state index contributed by atoms with van der Waals surface area (Å²) in [6.45, 7) is 1.58. The van der Waals surface area contributed by atoms with Crippen molar-refractivity contribution in [1.29, 1.82) is 0 Å². The van der Waals surface area contributed by atoms with Crippen LogP contribution in [0.5, 0.6) is 0 Å². The van der Waals surface area contributed by atoms with Gasteiger partial charge in [0.1, 0.15) is 11.9 Å². The SMILES string of the molecule is O=C(NCc1cccc(CO)c1)N1CCO[C@H](c2ccc(F)c(Cl)c2)C1. The van der Waals surface area contributed by atoms with Crippen LogP contribution >= 0.6 is 11.6 Å². The molecule has 1 fully saturated rings. The van der Waals surface area contributed by atoms with Crippen molar-refractivity contribution in [2.24, 2.45) is 0 Å². The number of carbonyl (C=O) groups excluding carboxylic acids is 1. The average Bonchev–Trinajstić information content (AvgIpc) is 2.68. The van der Waals surface area contributed by atoms with Crippen LogP contribution < -0.4 is 5.32 Å². The van der Waals surface area contributed by atoms with E-state index in [9.17, 15) is 14.3 Å². The van der Waals surface area contributed by atoms with Gasteiger partial charge in [0.25, 0.3) is 0 Å². The van der Waals surface area contributed by atoms with Gasteiger partial charge in [0.2, 0.25) is 0 Å². The van der Waals surface area contributed by atoms with Crippen LogP contribution in [0, 0.1) is 5.82 Å². The van der Waals surface area contributed by atoms with Gasteiger partial charge in [-0.25, -0.2) is 9.18 Å². The van der Waals surface area contributed by atoms with Crippen molar-refractivity contribution in [3.8, 4) is 0 Å². The van der Waals surface area contributed by atoms with Crippen molar-refractivity contribution >= 4 is 17.6 Å². The molecular weight excluding hydrogens is 359 g/mol. The minimum Gasteiger partial charge on any atom is -0.392 e. The molecule has 0 aromatic heterocycles. The van der Waals surface area contributed by atoms with E-state index < -0.39 is 5.82 Å². The van der Waals surface area contributed by atoms with Gasteiger partial charge in [0, 0.05) is 13.1 Å². The number of amides is 2. The Morgan fingerprint density at radius 3 is 2.88 bits per heavy atom. The third-order valence-corrected chi connectivity index (χ3v) is 4.58. The predicted molar refractivity (Wildman–Crippen MR) is 96.3 cm³/mol. The first kappa shape index (κ1) is 18.6. The molecule has 1 aliphatic rings. The highest BCUT2D eigenvalue weighted by Crippen LogP contribution is 2.26. The van der Waals surface area contributed by atoms with Crippen molar-refractivity contribution in [2.45, 2.75) is 19.3 Å². The third-order valence-electron chi connectivity index (χ3n) is 4.29. The maximum absolute atomic E-state index is 13.3. The Morgan fingerprint density at radius 1 is 1.31 bits per heavy atom. The van der Waals surface area contributed by atoms with Crippen LogP contribution in [0.1, 0.15) is 22.8 Å². The minimum atomic E-state index is -0.481. The van der Waals surface area contributed by atoms with Crippen LogP contribution in [0.25, 0.3) is 0 Å². The van der Waals surface area contributed by atoms with Crippen LogP contribution in [-0.2, 0) is 17.9 Å². The molecule has 1 heterocycles. The minimum absolute atomic E-state index is 0.0346. The average molecular weight is 379 g/mol. The second-order valence-electron chi connectivity index (χ2n) is 6.12. The van der Waals surface area contributed by atoms with Crippen molar-refractivity contribution in [3.63, 3.8) is 0 Å². The number of carbonyl (C=O) groups is 1. The number of rotatable bonds is 4. The fourth-order valence-corrected chi connectivity index (χ4v) is 3.06. The summed E-state index contributed by atoms with van der Waals surface area (Å²) in [6, 6.07) is 11.7. The number of nitrogens with zero attached hydrogens (tertiary/aromatic N) is 1. The zero-order valence-electron chi connectivity index (χ0n) is 14.1. The molecule has 0 saturated carbocycles. The lowest BCUT2D eigenvalue weighted by molar-refractivity contribution is -0.0155. The quantitative estimate of drug-likeness (QED) is 0.858. The zero-order chi connectivity index (χ0) is 18.5. The summed E-state index contributed by atoms with van der Waals surface area (Å²) in [5.74, 6) is -0.481. The molecule has 0 spiro atoms. The molecule has 2 aromatic rings. The monoisotopic (exact) mass is 378 g/mol. The number of morpholine rings is 1. The van der Waals surface area contributed by atoms with Gasteiger partial charge in [-0.2, -0.15) is 0 Å². The number of halogens is 2. The topological polar surface area (TPSA) is 61.8 Å². The van der Waals surface area contributed by atoms with Crippen molar-refractivity contribution in [1.82, 2.24) is 10.2 Å². The fraction of sp³-hybridized carbons (Fsp3) is 0.316. The molecule has 3 rings (SSSR count). The Kier molecular flexibility index (Phi) is 6.08. The molecule has 0 radical (unpaired) electrons.